The maximum Gasteiger partial charge on any atom is 0.252 e. The number of nitrogens with zero attached hydrogens (tertiary/aromatic N) is 2. The third-order valence-electron chi connectivity index (χ3n) is 6.67. The lowest BCUT2D eigenvalue weighted by atomic mass is 9.90. The largest absolute Gasteiger partial charge is 0.497 e. The molecule has 3 atom stereocenters. The predicted molar refractivity (Wildman–Crippen MR) is 133 cm³/mol. The van der Waals surface area contributed by atoms with Crippen LogP contribution in [0.5, 0.6) is 5.75 Å². The highest BCUT2D eigenvalue weighted by Crippen LogP contribution is 2.28. The van der Waals surface area contributed by atoms with E-state index in [-0.39, 0.29) is 18.1 Å². The van der Waals surface area contributed by atoms with Crippen LogP contribution in [0.1, 0.15) is 50.3 Å². The fourth-order valence-electron chi connectivity index (χ4n) is 4.51. The van der Waals surface area contributed by atoms with Crippen LogP contribution in [0.3, 0.4) is 0 Å². The quantitative estimate of drug-likeness (QED) is 0.421. The Morgan fingerprint density at radius 1 is 1.24 bits per heavy atom. The lowest BCUT2D eigenvalue weighted by Crippen LogP contribution is -2.54. The minimum atomic E-state index is -1.39. The van der Waals surface area contributed by atoms with Crippen LogP contribution < -0.4 is 31.1 Å². The number of pyridine rings is 1. The molecule has 2 fully saturated rings. The van der Waals surface area contributed by atoms with Crippen LogP contribution in [0.2, 0.25) is 0 Å². The first-order valence-electron chi connectivity index (χ1n) is 11.9. The van der Waals surface area contributed by atoms with Crippen molar-refractivity contribution in [2.45, 2.75) is 63.9 Å². The topological polar surface area (TPSA) is 111 Å². The molecule has 0 radical (unpaired) electrons. The fourth-order valence-corrected chi connectivity index (χ4v) is 4.51. The van der Waals surface area contributed by atoms with E-state index in [0.717, 1.165) is 34.9 Å². The highest BCUT2D eigenvalue weighted by atomic mass is 16.5. The van der Waals surface area contributed by atoms with Gasteiger partial charge in [0.2, 0.25) is 0 Å². The van der Waals surface area contributed by atoms with E-state index >= 15 is 0 Å². The first kappa shape index (κ1) is 24.3. The first-order valence-corrected chi connectivity index (χ1v) is 11.9. The lowest BCUT2D eigenvalue weighted by molar-refractivity contribution is -0.142. The molecule has 0 aliphatic carbocycles. The zero-order chi connectivity index (χ0) is 24.3. The van der Waals surface area contributed by atoms with E-state index in [4.69, 9.17) is 9.72 Å². The number of anilines is 2. The first-order chi connectivity index (χ1) is 16.3. The Morgan fingerprint density at radius 2 is 1.94 bits per heavy atom. The van der Waals surface area contributed by atoms with E-state index in [0.29, 0.717) is 32.0 Å². The SMILES string of the molecule is COc1ccc([C@H](C)NC(=O)C2(O)CCN(c3cc(C)cc(NC4CC(C)NN4)n3)CC2)cc1. The minimum absolute atomic E-state index is 0.125. The number of aromatic nitrogens is 1. The van der Waals surface area contributed by atoms with Crippen LogP contribution in [-0.4, -0.2) is 54.0 Å². The molecule has 1 amide bonds. The van der Waals surface area contributed by atoms with Crippen LogP contribution in [0.25, 0.3) is 0 Å². The number of aliphatic hydroxyl groups is 1. The number of hydrazine groups is 1. The van der Waals surface area contributed by atoms with Gasteiger partial charge in [-0.15, -0.1) is 0 Å². The zero-order valence-corrected chi connectivity index (χ0v) is 20.4. The summed E-state index contributed by atoms with van der Waals surface area (Å²) in [4.78, 5) is 19.9. The number of carbonyl (C=O) groups excluding carboxylic acids is 1. The number of piperidine rings is 1. The van der Waals surface area contributed by atoms with Crippen LogP contribution in [0.15, 0.2) is 36.4 Å². The van der Waals surface area contributed by atoms with Gasteiger partial charge in [0.1, 0.15) is 23.0 Å². The molecule has 3 heterocycles. The molecular formula is C25H36N6O3. The lowest BCUT2D eigenvalue weighted by Gasteiger charge is -2.38. The summed E-state index contributed by atoms with van der Waals surface area (Å²) < 4.78 is 5.19. The number of rotatable bonds is 7. The van der Waals surface area contributed by atoms with E-state index in [1.54, 1.807) is 7.11 Å². The number of nitrogens with one attached hydrogen (secondary N) is 4. The number of amides is 1. The van der Waals surface area contributed by atoms with Gasteiger partial charge in [-0.05, 0) is 62.6 Å². The number of hydrogen-bond acceptors (Lipinski definition) is 8. The number of aryl methyl sites for hydroxylation is 1. The molecule has 184 valence electrons. The van der Waals surface area contributed by atoms with Crippen LogP contribution in [-0.2, 0) is 4.79 Å². The van der Waals surface area contributed by atoms with E-state index in [1.165, 1.54) is 0 Å². The molecular weight excluding hydrogens is 432 g/mol. The molecule has 1 aromatic heterocycles. The van der Waals surface area contributed by atoms with E-state index in [2.05, 4.69) is 33.3 Å². The Morgan fingerprint density at radius 3 is 2.56 bits per heavy atom. The van der Waals surface area contributed by atoms with Gasteiger partial charge in [0, 0.05) is 32.0 Å². The third-order valence-corrected chi connectivity index (χ3v) is 6.67. The average Bonchev–Trinajstić information content (AvgIpc) is 3.23. The summed E-state index contributed by atoms with van der Waals surface area (Å²) in [6.07, 6.45) is 1.78. The highest BCUT2D eigenvalue weighted by Gasteiger charge is 2.40. The van der Waals surface area contributed by atoms with Gasteiger partial charge in [-0.25, -0.2) is 10.4 Å². The Labute approximate surface area is 201 Å². The minimum Gasteiger partial charge on any atom is -0.497 e. The smallest absolute Gasteiger partial charge is 0.252 e. The normalized spacial score (nSPS) is 22.8. The Balaban J connectivity index is 1.35. The van der Waals surface area contributed by atoms with Crippen molar-refractivity contribution in [3.8, 4) is 5.75 Å². The van der Waals surface area contributed by atoms with Crippen molar-refractivity contribution in [1.82, 2.24) is 21.2 Å². The summed E-state index contributed by atoms with van der Waals surface area (Å²) in [5, 5.41) is 17.5. The van der Waals surface area contributed by atoms with Crippen molar-refractivity contribution in [2.75, 3.05) is 30.4 Å². The van der Waals surface area contributed by atoms with Crippen molar-refractivity contribution in [2.24, 2.45) is 0 Å². The monoisotopic (exact) mass is 468 g/mol. The van der Waals surface area contributed by atoms with Crippen molar-refractivity contribution in [3.05, 3.63) is 47.5 Å². The van der Waals surface area contributed by atoms with Gasteiger partial charge < -0.3 is 25.4 Å². The number of ether oxygens (including phenoxy) is 1. The van der Waals surface area contributed by atoms with Gasteiger partial charge in [0.05, 0.1) is 19.3 Å². The second-order valence-corrected chi connectivity index (χ2v) is 9.50. The van der Waals surface area contributed by atoms with Gasteiger partial charge >= 0.3 is 0 Å². The molecule has 0 saturated carbocycles. The van der Waals surface area contributed by atoms with Gasteiger partial charge in [-0.1, -0.05) is 12.1 Å². The molecule has 2 aliphatic heterocycles. The second kappa shape index (κ2) is 10.2. The maximum absolute atomic E-state index is 13.0. The molecule has 9 heteroatoms. The molecule has 0 spiro atoms. The predicted octanol–water partition coefficient (Wildman–Crippen LogP) is 2.23. The molecule has 1 aromatic carbocycles. The summed E-state index contributed by atoms with van der Waals surface area (Å²) >= 11 is 0. The number of hydrogen-bond donors (Lipinski definition) is 5. The molecule has 0 bridgehead atoms. The van der Waals surface area contributed by atoms with Gasteiger partial charge in [0.25, 0.3) is 5.91 Å². The standard InChI is InChI=1S/C25H36N6O3/c1-16-13-21(27-22-15-17(2)29-30-22)28-23(14-16)31-11-9-25(33,10-12-31)24(32)26-18(3)19-5-7-20(34-4)8-6-19/h5-8,13-14,17-18,22,29-30,33H,9-12,15H2,1-4H3,(H,26,32)(H,27,28)/t17?,18-,22?/m0/s1. The van der Waals surface area contributed by atoms with Crippen molar-refractivity contribution in [1.29, 1.82) is 0 Å². The van der Waals surface area contributed by atoms with Crippen LogP contribution in [0, 0.1) is 6.92 Å². The van der Waals surface area contributed by atoms with E-state index in [9.17, 15) is 9.90 Å². The van der Waals surface area contributed by atoms with Gasteiger partial charge in [0.15, 0.2) is 0 Å². The summed E-state index contributed by atoms with van der Waals surface area (Å²) in [5.74, 6) is 2.11. The fraction of sp³-hybridized carbons (Fsp3) is 0.520. The number of carbonyl (C=O) groups is 1. The Bertz CT molecular complexity index is 991. The molecule has 5 N–H and O–H groups in total. The molecule has 2 aromatic rings. The molecule has 4 rings (SSSR count). The summed E-state index contributed by atoms with van der Waals surface area (Å²) in [6, 6.07) is 11.8. The molecule has 34 heavy (non-hydrogen) atoms. The highest BCUT2D eigenvalue weighted by molar-refractivity contribution is 5.85. The van der Waals surface area contributed by atoms with E-state index < -0.39 is 5.60 Å². The van der Waals surface area contributed by atoms with E-state index in [1.807, 2.05) is 50.2 Å². The van der Waals surface area contributed by atoms with Crippen LogP contribution in [0.4, 0.5) is 11.6 Å². The average molecular weight is 469 g/mol. The van der Waals surface area contributed by atoms with Gasteiger partial charge in [-0.2, -0.15) is 0 Å². The Hall–Kier alpha value is -2.88. The molecule has 2 unspecified atom stereocenters. The molecule has 2 saturated heterocycles. The van der Waals surface area contributed by atoms with Gasteiger partial charge in [-0.3, -0.25) is 10.2 Å². The summed E-state index contributed by atoms with van der Waals surface area (Å²) in [5.41, 5.74) is 7.12. The third kappa shape index (κ3) is 5.60. The Kier molecular flexibility index (Phi) is 7.25. The van der Waals surface area contributed by atoms with Crippen molar-refractivity contribution in [3.63, 3.8) is 0 Å². The number of methoxy groups -OCH3 is 1. The van der Waals surface area contributed by atoms with Crippen LogP contribution >= 0.6 is 0 Å². The zero-order valence-electron chi connectivity index (χ0n) is 20.4. The molecule has 2 aliphatic rings. The maximum atomic E-state index is 13.0. The van der Waals surface area contributed by atoms with Crippen molar-refractivity contribution >= 4 is 17.5 Å². The van der Waals surface area contributed by atoms with Crippen molar-refractivity contribution < 1.29 is 14.6 Å². The molecule has 9 nitrogen and oxygen atoms in total. The second-order valence-electron chi connectivity index (χ2n) is 9.50. The summed E-state index contributed by atoms with van der Waals surface area (Å²) in [6.45, 7) is 7.20. The number of benzene rings is 1. The summed E-state index contributed by atoms with van der Waals surface area (Å²) in [7, 11) is 1.62.